The number of hydrogen-bond acceptors (Lipinski definition) is 5. The number of aliphatic hydroxyl groups excluding tert-OH is 1. The second-order valence-electron chi connectivity index (χ2n) is 4.36. The van der Waals surface area contributed by atoms with Crippen LogP contribution < -0.4 is 0 Å². The third-order valence-electron chi connectivity index (χ3n) is 2.90. The molecule has 1 fully saturated rings. The van der Waals surface area contributed by atoms with Crippen LogP contribution in [0.15, 0.2) is 4.52 Å². The molecule has 0 saturated carbocycles. The van der Waals surface area contributed by atoms with Crippen molar-refractivity contribution in [2.24, 2.45) is 0 Å². The van der Waals surface area contributed by atoms with Gasteiger partial charge in [0, 0.05) is 19.5 Å². The molecule has 2 heterocycles. The lowest BCUT2D eigenvalue weighted by Gasteiger charge is -2.28. The first kappa shape index (κ1) is 11.5. The molecule has 0 aromatic carbocycles. The van der Waals surface area contributed by atoms with Gasteiger partial charge in [0.15, 0.2) is 5.82 Å². The Bertz CT molecular complexity index is 319. The predicted molar refractivity (Wildman–Crippen MR) is 58.8 cm³/mol. The summed E-state index contributed by atoms with van der Waals surface area (Å²) in [4.78, 5) is 6.59. The van der Waals surface area contributed by atoms with Crippen molar-refractivity contribution in [3.8, 4) is 0 Å². The Labute approximate surface area is 95.4 Å². The highest BCUT2D eigenvalue weighted by molar-refractivity contribution is 4.87. The predicted octanol–water partition coefficient (Wildman–Crippen LogP) is 0.979. The van der Waals surface area contributed by atoms with Gasteiger partial charge in [0.1, 0.15) is 0 Å². The molecule has 1 aromatic heterocycles. The van der Waals surface area contributed by atoms with Crippen molar-refractivity contribution in [3.05, 3.63) is 11.7 Å². The minimum atomic E-state index is -0.128. The zero-order valence-electron chi connectivity index (χ0n) is 9.72. The van der Waals surface area contributed by atoms with Gasteiger partial charge in [-0.2, -0.15) is 4.98 Å². The van der Waals surface area contributed by atoms with Crippen LogP contribution >= 0.6 is 0 Å². The van der Waals surface area contributed by atoms with E-state index in [0.717, 1.165) is 57.0 Å². The Balaban J connectivity index is 1.83. The van der Waals surface area contributed by atoms with Crippen molar-refractivity contribution < 1.29 is 9.63 Å². The maximum Gasteiger partial charge on any atom is 0.226 e. The van der Waals surface area contributed by atoms with Crippen molar-refractivity contribution in [2.75, 3.05) is 13.1 Å². The fourth-order valence-corrected chi connectivity index (χ4v) is 1.95. The second-order valence-corrected chi connectivity index (χ2v) is 4.36. The SMILES string of the molecule is CCCc1nc(CN2CCC(O)CC2)no1. The van der Waals surface area contributed by atoms with Gasteiger partial charge in [0.25, 0.3) is 0 Å². The molecule has 16 heavy (non-hydrogen) atoms. The van der Waals surface area contributed by atoms with Gasteiger partial charge in [-0.15, -0.1) is 0 Å². The Morgan fingerprint density at radius 3 is 2.88 bits per heavy atom. The molecule has 0 bridgehead atoms. The van der Waals surface area contributed by atoms with E-state index in [4.69, 9.17) is 4.52 Å². The molecule has 0 unspecified atom stereocenters. The number of nitrogens with zero attached hydrogens (tertiary/aromatic N) is 3. The van der Waals surface area contributed by atoms with E-state index in [1.165, 1.54) is 0 Å². The molecule has 2 rings (SSSR count). The first-order valence-corrected chi connectivity index (χ1v) is 6.00. The van der Waals surface area contributed by atoms with E-state index in [1.54, 1.807) is 0 Å². The first-order valence-electron chi connectivity index (χ1n) is 6.00. The molecule has 1 aromatic rings. The van der Waals surface area contributed by atoms with Crippen molar-refractivity contribution >= 4 is 0 Å². The van der Waals surface area contributed by atoms with E-state index in [2.05, 4.69) is 22.0 Å². The Kier molecular flexibility index (Phi) is 3.90. The number of hydrogen-bond donors (Lipinski definition) is 1. The summed E-state index contributed by atoms with van der Waals surface area (Å²) < 4.78 is 5.13. The fourth-order valence-electron chi connectivity index (χ4n) is 1.95. The summed E-state index contributed by atoms with van der Waals surface area (Å²) >= 11 is 0. The fraction of sp³-hybridized carbons (Fsp3) is 0.818. The monoisotopic (exact) mass is 225 g/mol. The standard InChI is InChI=1S/C11H19N3O2/c1-2-3-11-12-10(13-16-11)8-14-6-4-9(15)5-7-14/h9,15H,2-8H2,1H3. The maximum atomic E-state index is 9.39. The maximum absolute atomic E-state index is 9.39. The molecular formula is C11H19N3O2. The van der Waals surface area contributed by atoms with Gasteiger partial charge in [-0.3, -0.25) is 4.90 Å². The van der Waals surface area contributed by atoms with Crippen LogP contribution in [0.3, 0.4) is 0 Å². The van der Waals surface area contributed by atoms with Crippen molar-refractivity contribution in [1.29, 1.82) is 0 Å². The Hall–Kier alpha value is -0.940. The lowest BCUT2D eigenvalue weighted by molar-refractivity contribution is 0.0777. The summed E-state index contributed by atoms with van der Waals surface area (Å²) in [5.74, 6) is 1.49. The van der Waals surface area contributed by atoms with E-state index >= 15 is 0 Å². The van der Waals surface area contributed by atoms with Crippen molar-refractivity contribution in [3.63, 3.8) is 0 Å². The number of aliphatic hydroxyl groups is 1. The van der Waals surface area contributed by atoms with Crippen LogP contribution in [0.1, 0.15) is 37.9 Å². The molecule has 1 aliphatic heterocycles. The molecule has 1 saturated heterocycles. The largest absolute Gasteiger partial charge is 0.393 e. The Morgan fingerprint density at radius 2 is 2.19 bits per heavy atom. The quantitative estimate of drug-likeness (QED) is 0.827. The summed E-state index contributed by atoms with van der Waals surface area (Å²) in [5, 5.41) is 13.3. The normalized spacial score (nSPS) is 19.1. The number of aromatic nitrogens is 2. The Morgan fingerprint density at radius 1 is 1.44 bits per heavy atom. The molecule has 0 spiro atoms. The minimum absolute atomic E-state index is 0.128. The van der Waals surface area contributed by atoms with E-state index in [0.29, 0.717) is 0 Å². The number of aryl methyl sites for hydroxylation is 1. The van der Waals surface area contributed by atoms with Crippen molar-refractivity contribution in [1.82, 2.24) is 15.0 Å². The zero-order chi connectivity index (χ0) is 11.4. The molecule has 0 radical (unpaired) electrons. The number of piperidine rings is 1. The summed E-state index contributed by atoms with van der Waals surface area (Å²) in [7, 11) is 0. The molecule has 0 aliphatic carbocycles. The average molecular weight is 225 g/mol. The van der Waals surface area contributed by atoms with Gasteiger partial charge in [-0.1, -0.05) is 12.1 Å². The van der Waals surface area contributed by atoms with Crippen molar-refractivity contribution in [2.45, 2.75) is 45.3 Å². The smallest absolute Gasteiger partial charge is 0.226 e. The molecular weight excluding hydrogens is 206 g/mol. The van der Waals surface area contributed by atoms with Crippen LogP contribution in [0.4, 0.5) is 0 Å². The van der Waals surface area contributed by atoms with Gasteiger partial charge >= 0.3 is 0 Å². The highest BCUT2D eigenvalue weighted by atomic mass is 16.5. The van der Waals surface area contributed by atoms with Gasteiger partial charge in [0.05, 0.1) is 12.6 Å². The molecule has 90 valence electrons. The van der Waals surface area contributed by atoms with E-state index in [9.17, 15) is 5.11 Å². The summed E-state index contributed by atoms with van der Waals surface area (Å²) in [5.41, 5.74) is 0. The van der Waals surface area contributed by atoms with Gasteiger partial charge in [-0.05, 0) is 19.3 Å². The molecule has 0 amide bonds. The highest BCUT2D eigenvalue weighted by Gasteiger charge is 2.18. The summed E-state index contributed by atoms with van der Waals surface area (Å²) in [6.45, 7) is 4.66. The zero-order valence-corrected chi connectivity index (χ0v) is 9.72. The van der Waals surface area contributed by atoms with Crippen LogP contribution in [-0.2, 0) is 13.0 Å². The minimum Gasteiger partial charge on any atom is -0.393 e. The second kappa shape index (κ2) is 5.41. The molecule has 1 N–H and O–H groups in total. The van der Waals surface area contributed by atoms with Crippen LogP contribution in [-0.4, -0.2) is 39.3 Å². The molecule has 5 heteroatoms. The topological polar surface area (TPSA) is 62.4 Å². The van der Waals surface area contributed by atoms with E-state index < -0.39 is 0 Å². The first-order chi connectivity index (χ1) is 7.78. The van der Waals surface area contributed by atoms with Crippen LogP contribution in [0, 0.1) is 0 Å². The van der Waals surface area contributed by atoms with Crippen LogP contribution in [0.25, 0.3) is 0 Å². The van der Waals surface area contributed by atoms with Crippen LogP contribution in [0.5, 0.6) is 0 Å². The third-order valence-corrected chi connectivity index (χ3v) is 2.90. The van der Waals surface area contributed by atoms with Gasteiger partial charge in [0.2, 0.25) is 5.89 Å². The van der Waals surface area contributed by atoms with Gasteiger partial charge in [-0.25, -0.2) is 0 Å². The average Bonchev–Trinajstić information content (AvgIpc) is 2.70. The van der Waals surface area contributed by atoms with E-state index in [1.807, 2.05) is 0 Å². The van der Waals surface area contributed by atoms with E-state index in [-0.39, 0.29) is 6.10 Å². The lowest BCUT2D eigenvalue weighted by atomic mass is 10.1. The third kappa shape index (κ3) is 3.02. The highest BCUT2D eigenvalue weighted by Crippen LogP contribution is 2.12. The van der Waals surface area contributed by atoms with Gasteiger partial charge < -0.3 is 9.63 Å². The molecule has 5 nitrogen and oxygen atoms in total. The molecule has 0 atom stereocenters. The van der Waals surface area contributed by atoms with Crippen LogP contribution in [0.2, 0.25) is 0 Å². The number of rotatable bonds is 4. The summed E-state index contributed by atoms with van der Waals surface area (Å²) in [6, 6.07) is 0. The molecule has 1 aliphatic rings. The lowest BCUT2D eigenvalue weighted by Crippen LogP contribution is -2.35. The summed E-state index contributed by atoms with van der Waals surface area (Å²) in [6.07, 6.45) is 3.44. The number of likely N-dealkylation sites (tertiary alicyclic amines) is 1.